The Morgan fingerprint density at radius 2 is 2.06 bits per heavy atom. The first kappa shape index (κ1) is 12.0. The van der Waals surface area contributed by atoms with E-state index in [0.717, 1.165) is 5.69 Å². The lowest BCUT2D eigenvalue weighted by molar-refractivity contribution is 0.112. The maximum absolute atomic E-state index is 12.8. The van der Waals surface area contributed by atoms with Gasteiger partial charge in [-0.25, -0.2) is 9.37 Å². The van der Waals surface area contributed by atoms with Crippen LogP contribution >= 0.6 is 22.9 Å². The molecule has 2 rings (SSSR count). The smallest absolute Gasteiger partial charge is 0.191 e. The molecule has 1 aromatic heterocycles. The fourth-order valence-electron chi connectivity index (χ4n) is 1.29. The maximum atomic E-state index is 12.8. The molecule has 1 aromatic carbocycles. The fraction of sp³-hybridized carbons (Fsp3) is 0.0909. The highest BCUT2D eigenvalue weighted by Gasteiger charge is 2.13. The Hall–Kier alpha value is -1.46. The van der Waals surface area contributed by atoms with E-state index in [0.29, 0.717) is 16.3 Å². The van der Waals surface area contributed by atoms with Gasteiger partial charge in [0.05, 0.1) is 0 Å². The first-order chi connectivity index (χ1) is 8.11. The zero-order valence-electron chi connectivity index (χ0n) is 8.85. The average Bonchev–Trinajstić information content (AvgIpc) is 2.70. The standard InChI is InChI=1S/C11H8ClFN2OS/c1-15(8-4-2-7(13)3-5-8)11-14-10(12)9(6-16)17-11/h2-6H,1H3. The van der Waals surface area contributed by atoms with Crippen molar-refractivity contribution in [1.29, 1.82) is 0 Å². The number of nitrogens with zero attached hydrogens (tertiary/aromatic N) is 2. The summed E-state index contributed by atoms with van der Waals surface area (Å²) in [4.78, 5) is 16.9. The van der Waals surface area contributed by atoms with Crippen LogP contribution in [-0.2, 0) is 0 Å². The summed E-state index contributed by atoms with van der Waals surface area (Å²) >= 11 is 6.97. The van der Waals surface area contributed by atoms with Gasteiger partial charge in [0.2, 0.25) is 0 Å². The van der Waals surface area contributed by atoms with Crippen LogP contribution in [0.15, 0.2) is 24.3 Å². The summed E-state index contributed by atoms with van der Waals surface area (Å²) in [5, 5.41) is 0.776. The second-order valence-corrected chi connectivity index (χ2v) is 4.67. The molecule has 17 heavy (non-hydrogen) atoms. The molecule has 3 nitrogen and oxygen atoms in total. The number of carbonyl (C=O) groups is 1. The van der Waals surface area contributed by atoms with Gasteiger partial charge in [-0.15, -0.1) is 0 Å². The zero-order chi connectivity index (χ0) is 12.4. The maximum Gasteiger partial charge on any atom is 0.191 e. The van der Waals surface area contributed by atoms with Crippen molar-refractivity contribution < 1.29 is 9.18 Å². The van der Waals surface area contributed by atoms with Crippen LogP contribution in [0.2, 0.25) is 5.15 Å². The van der Waals surface area contributed by atoms with Crippen molar-refractivity contribution in [3.05, 3.63) is 40.1 Å². The highest BCUT2D eigenvalue weighted by Crippen LogP contribution is 2.31. The van der Waals surface area contributed by atoms with Gasteiger partial charge in [-0.3, -0.25) is 4.79 Å². The Labute approximate surface area is 106 Å². The molecule has 0 amide bonds. The molecule has 88 valence electrons. The van der Waals surface area contributed by atoms with Crippen LogP contribution < -0.4 is 4.90 Å². The van der Waals surface area contributed by atoms with Crippen LogP contribution in [0.4, 0.5) is 15.2 Å². The van der Waals surface area contributed by atoms with Crippen molar-refractivity contribution in [3.8, 4) is 0 Å². The van der Waals surface area contributed by atoms with E-state index in [1.807, 2.05) is 0 Å². The molecule has 0 aliphatic heterocycles. The molecule has 0 fully saturated rings. The molecule has 6 heteroatoms. The number of rotatable bonds is 3. The van der Waals surface area contributed by atoms with E-state index in [9.17, 15) is 9.18 Å². The predicted molar refractivity (Wildman–Crippen MR) is 67.0 cm³/mol. The minimum Gasteiger partial charge on any atom is -0.321 e. The molecule has 2 aromatic rings. The van der Waals surface area contributed by atoms with Crippen molar-refractivity contribution in [2.24, 2.45) is 0 Å². The Bertz CT molecular complexity index is 541. The molecule has 0 bridgehead atoms. The van der Waals surface area contributed by atoms with Gasteiger partial charge in [0.25, 0.3) is 0 Å². The molecule has 0 atom stereocenters. The van der Waals surface area contributed by atoms with E-state index in [1.165, 1.54) is 23.5 Å². The van der Waals surface area contributed by atoms with E-state index in [-0.39, 0.29) is 11.0 Å². The molecule has 0 aliphatic rings. The van der Waals surface area contributed by atoms with Gasteiger partial charge in [-0.2, -0.15) is 0 Å². The number of thiazole rings is 1. The lowest BCUT2D eigenvalue weighted by atomic mass is 10.3. The number of hydrogen-bond donors (Lipinski definition) is 0. The molecule has 0 N–H and O–H groups in total. The molecule has 0 radical (unpaired) electrons. The number of benzene rings is 1. The minimum atomic E-state index is -0.298. The number of aromatic nitrogens is 1. The van der Waals surface area contributed by atoms with Crippen molar-refractivity contribution >= 4 is 40.0 Å². The third kappa shape index (κ3) is 2.45. The number of hydrogen-bond acceptors (Lipinski definition) is 4. The van der Waals surface area contributed by atoms with E-state index < -0.39 is 0 Å². The van der Waals surface area contributed by atoms with Crippen LogP contribution in [0.25, 0.3) is 0 Å². The van der Waals surface area contributed by atoms with Crippen LogP contribution in [-0.4, -0.2) is 18.3 Å². The number of anilines is 2. The molecule has 0 saturated carbocycles. The van der Waals surface area contributed by atoms with E-state index >= 15 is 0 Å². The molecule has 0 aliphatic carbocycles. The van der Waals surface area contributed by atoms with Gasteiger partial charge in [-0.1, -0.05) is 22.9 Å². The van der Waals surface area contributed by atoms with E-state index in [1.54, 1.807) is 24.1 Å². The van der Waals surface area contributed by atoms with Crippen LogP contribution in [0.1, 0.15) is 9.67 Å². The van der Waals surface area contributed by atoms with Gasteiger partial charge >= 0.3 is 0 Å². The molecule has 0 spiro atoms. The van der Waals surface area contributed by atoms with Gasteiger partial charge in [-0.05, 0) is 24.3 Å². The van der Waals surface area contributed by atoms with Crippen LogP contribution in [0, 0.1) is 5.82 Å². The first-order valence-electron chi connectivity index (χ1n) is 4.72. The summed E-state index contributed by atoms with van der Waals surface area (Å²) in [6.45, 7) is 0. The minimum absolute atomic E-state index is 0.189. The third-order valence-corrected chi connectivity index (χ3v) is 3.66. The molecular weight excluding hydrogens is 263 g/mol. The summed E-state index contributed by atoms with van der Waals surface area (Å²) in [7, 11) is 1.77. The Balaban J connectivity index is 2.32. The summed E-state index contributed by atoms with van der Waals surface area (Å²) in [6.07, 6.45) is 0.669. The lowest BCUT2D eigenvalue weighted by Gasteiger charge is -2.15. The fourth-order valence-corrected chi connectivity index (χ4v) is 2.34. The first-order valence-corrected chi connectivity index (χ1v) is 5.92. The predicted octanol–water partition coefficient (Wildman–Crippen LogP) is 3.52. The Morgan fingerprint density at radius 1 is 1.41 bits per heavy atom. The monoisotopic (exact) mass is 270 g/mol. The summed E-state index contributed by atoms with van der Waals surface area (Å²) in [5.41, 5.74) is 0.772. The highest BCUT2D eigenvalue weighted by molar-refractivity contribution is 7.17. The van der Waals surface area contributed by atoms with Crippen molar-refractivity contribution in [2.75, 3.05) is 11.9 Å². The van der Waals surface area contributed by atoms with E-state index in [4.69, 9.17) is 11.6 Å². The van der Waals surface area contributed by atoms with Crippen molar-refractivity contribution in [1.82, 2.24) is 4.98 Å². The lowest BCUT2D eigenvalue weighted by Crippen LogP contribution is -2.08. The van der Waals surface area contributed by atoms with E-state index in [2.05, 4.69) is 4.98 Å². The Morgan fingerprint density at radius 3 is 2.59 bits per heavy atom. The number of halogens is 2. The zero-order valence-corrected chi connectivity index (χ0v) is 10.4. The molecule has 0 unspecified atom stereocenters. The summed E-state index contributed by atoms with van der Waals surface area (Å²) < 4.78 is 12.8. The van der Waals surface area contributed by atoms with Gasteiger partial charge in [0.15, 0.2) is 16.6 Å². The molecule has 1 heterocycles. The van der Waals surface area contributed by atoms with Gasteiger partial charge < -0.3 is 4.90 Å². The van der Waals surface area contributed by atoms with Crippen molar-refractivity contribution in [2.45, 2.75) is 0 Å². The average molecular weight is 271 g/mol. The second-order valence-electron chi connectivity index (χ2n) is 3.30. The molecular formula is C11H8ClFN2OS. The van der Waals surface area contributed by atoms with Gasteiger partial charge in [0.1, 0.15) is 10.7 Å². The number of carbonyl (C=O) groups excluding carboxylic acids is 1. The normalized spacial score (nSPS) is 10.3. The van der Waals surface area contributed by atoms with Crippen molar-refractivity contribution in [3.63, 3.8) is 0 Å². The van der Waals surface area contributed by atoms with Gasteiger partial charge in [0, 0.05) is 12.7 Å². The SMILES string of the molecule is CN(c1ccc(F)cc1)c1nc(Cl)c(C=O)s1. The van der Waals surface area contributed by atoms with Crippen LogP contribution in [0.5, 0.6) is 0 Å². The largest absolute Gasteiger partial charge is 0.321 e. The number of aldehydes is 1. The summed E-state index contributed by atoms with van der Waals surface area (Å²) in [5.74, 6) is -0.298. The summed E-state index contributed by atoms with van der Waals surface area (Å²) in [6, 6.07) is 5.99. The Kier molecular flexibility index (Phi) is 3.40. The highest BCUT2D eigenvalue weighted by atomic mass is 35.5. The topological polar surface area (TPSA) is 33.2 Å². The quantitative estimate of drug-likeness (QED) is 0.800. The molecule has 0 saturated heterocycles. The second kappa shape index (κ2) is 4.81. The third-order valence-electron chi connectivity index (χ3n) is 2.21. The van der Waals surface area contributed by atoms with Crippen LogP contribution in [0.3, 0.4) is 0 Å².